The summed E-state index contributed by atoms with van der Waals surface area (Å²) in [7, 11) is 0. The molecule has 0 bridgehead atoms. The van der Waals surface area contributed by atoms with E-state index in [0.717, 1.165) is 19.6 Å². The van der Waals surface area contributed by atoms with Gasteiger partial charge < -0.3 is 9.74 Å². The Morgan fingerprint density at radius 3 is 2.57 bits per heavy atom. The molecule has 1 fully saturated rings. The molecule has 1 aliphatic heterocycles. The van der Waals surface area contributed by atoms with E-state index in [2.05, 4.69) is 22.0 Å². The molecule has 1 aliphatic rings. The number of carbonyl (C=O) groups excluding carboxylic acids is 1. The van der Waals surface area contributed by atoms with E-state index < -0.39 is 0 Å². The second-order valence-electron chi connectivity index (χ2n) is 5.03. The minimum atomic E-state index is -0.327. The van der Waals surface area contributed by atoms with E-state index in [0.29, 0.717) is 13.1 Å². The minimum Gasteiger partial charge on any atom is -0.316 e. The number of carbonyl (C=O) groups is 1. The number of piperazine rings is 1. The number of rotatable bonds is 3. The highest BCUT2D eigenvalue weighted by Crippen LogP contribution is 2.08. The molecule has 1 saturated heterocycles. The van der Waals surface area contributed by atoms with Gasteiger partial charge in [0.25, 0.3) is 0 Å². The second-order valence-corrected chi connectivity index (χ2v) is 5.03. The Balaban J connectivity index is 1.47. The van der Waals surface area contributed by atoms with Crippen molar-refractivity contribution in [2.75, 3.05) is 26.2 Å². The Labute approximate surface area is 123 Å². The van der Waals surface area contributed by atoms with Crippen LogP contribution in [0.25, 0.3) is 0 Å². The average molecular weight is 286 g/mol. The van der Waals surface area contributed by atoms with Crippen molar-refractivity contribution in [3.63, 3.8) is 0 Å². The molecule has 110 valence electrons. The van der Waals surface area contributed by atoms with Crippen LogP contribution >= 0.6 is 0 Å². The number of benzene rings is 1. The van der Waals surface area contributed by atoms with Gasteiger partial charge in [-0.3, -0.25) is 4.90 Å². The van der Waals surface area contributed by atoms with Crippen LogP contribution in [0.5, 0.6) is 0 Å². The first-order chi connectivity index (χ1) is 10.3. The highest BCUT2D eigenvalue weighted by atomic mass is 16.7. The maximum atomic E-state index is 12.0. The Hall–Kier alpha value is -2.34. The molecule has 0 radical (unpaired) electrons. The van der Waals surface area contributed by atoms with Crippen LogP contribution in [-0.2, 0) is 6.54 Å². The first-order valence-electron chi connectivity index (χ1n) is 7.03. The van der Waals surface area contributed by atoms with Crippen molar-refractivity contribution < 1.29 is 9.63 Å². The smallest absolute Gasteiger partial charge is 0.316 e. The van der Waals surface area contributed by atoms with Crippen LogP contribution in [0.3, 0.4) is 0 Å². The lowest BCUT2D eigenvalue weighted by atomic mass is 10.2. The van der Waals surface area contributed by atoms with E-state index >= 15 is 0 Å². The first kappa shape index (κ1) is 13.6. The summed E-state index contributed by atoms with van der Waals surface area (Å²) in [6.07, 6.45) is 4.31. The fourth-order valence-electron chi connectivity index (χ4n) is 2.38. The molecule has 2 aromatic rings. The number of hydrogen-bond donors (Lipinski definition) is 0. The molecule has 0 atom stereocenters. The van der Waals surface area contributed by atoms with Crippen LogP contribution in [-0.4, -0.2) is 51.8 Å². The summed E-state index contributed by atoms with van der Waals surface area (Å²) in [6.45, 7) is 3.99. The Morgan fingerprint density at radius 2 is 1.90 bits per heavy atom. The molecule has 0 N–H and O–H groups in total. The zero-order valence-corrected chi connectivity index (χ0v) is 11.8. The van der Waals surface area contributed by atoms with Crippen LogP contribution in [0.1, 0.15) is 5.56 Å². The van der Waals surface area contributed by atoms with Gasteiger partial charge in [0, 0.05) is 38.9 Å². The topological polar surface area (TPSA) is 50.6 Å². The van der Waals surface area contributed by atoms with E-state index in [4.69, 9.17) is 4.84 Å². The van der Waals surface area contributed by atoms with E-state index in [1.807, 2.05) is 18.2 Å². The maximum Gasteiger partial charge on any atom is 0.434 e. The van der Waals surface area contributed by atoms with Gasteiger partial charge in [-0.05, 0) is 5.56 Å². The quantitative estimate of drug-likeness (QED) is 0.852. The fraction of sp³-hybridized carbons (Fsp3) is 0.333. The molecule has 0 unspecified atom stereocenters. The Kier molecular flexibility index (Phi) is 4.16. The van der Waals surface area contributed by atoms with Gasteiger partial charge in [0.2, 0.25) is 0 Å². The average Bonchev–Trinajstić information content (AvgIpc) is 3.02. The molecular formula is C15H18N4O2. The van der Waals surface area contributed by atoms with Gasteiger partial charge in [0.1, 0.15) is 6.33 Å². The molecule has 0 aliphatic carbocycles. The van der Waals surface area contributed by atoms with E-state index in [9.17, 15) is 4.79 Å². The van der Waals surface area contributed by atoms with Gasteiger partial charge in [0.15, 0.2) is 0 Å². The van der Waals surface area contributed by atoms with Crippen molar-refractivity contribution in [2.24, 2.45) is 0 Å². The van der Waals surface area contributed by atoms with E-state index in [1.165, 1.54) is 16.6 Å². The molecule has 3 rings (SSSR count). The number of amides is 1. The fourth-order valence-corrected chi connectivity index (χ4v) is 2.38. The predicted molar refractivity (Wildman–Crippen MR) is 77.5 cm³/mol. The third-order valence-corrected chi connectivity index (χ3v) is 3.54. The van der Waals surface area contributed by atoms with Crippen molar-refractivity contribution in [3.8, 4) is 0 Å². The normalized spacial score (nSPS) is 15.9. The summed E-state index contributed by atoms with van der Waals surface area (Å²) in [6, 6.07) is 10.4. The lowest BCUT2D eigenvalue weighted by Crippen LogP contribution is -2.50. The van der Waals surface area contributed by atoms with Gasteiger partial charge in [-0.25, -0.2) is 9.78 Å². The summed E-state index contributed by atoms with van der Waals surface area (Å²) < 4.78 is 1.32. The van der Waals surface area contributed by atoms with Crippen LogP contribution in [0.15, 0.2) is 49.1 Å². The van der Waals surface area contributed by atoms with Gasteiger partial charge in [-0.15, -0.1) is 0 Å². The van der Waals surface area contributed by atoms with Crippen molar-refractivity contribution in [1.29, 1.82) is 0 Å². The number of hydrogen-bond acceptors (Lipinski definition) is 4. The van der Waals surface area contributed by atoms with Crippen molar-refractivity contribution >= 4 is 6.09 Å². The summed E-state index contributed by atoms with van der Waals surface area (Å²) >= 11 is 0. The molecular weight excluding hydrogens is 268 g/mol. The lowest BCUT2D eigenvalue weighted by molar-refractivity contribution is 0.0677. The van der Waals surface area contributed by atoms with Crippen LogP contribution < -0.4 is 4.84 Å². The molecule has 21 heavy (non-hydrogen) atoms. The molecule has 0 saturated carbocycles. The van der Waals surface area contributed by atoms with Gasteiger partial charge >= 0.3 is 6.09 Å². The second kappa shape index (κ2) is 6.41. The third kappa shape index (κ3) is 3.61. The highest BCUT2D eigenvalue weighted by Gasteiger charge is 2.22. The maximum absolute atomic E-state index is 12.0. The lowest BCUT2D eigenvalue weighted by Gasteiger charge is -2.33. The minimum absolute atomic E-state index is 0.327. The Bertz CT molecular complexity index is 563. The Morgan fingerprint density at radius 1 is 1.14 bits per heavy atom. The molecule has 1 amide bonds. The molecule has 1 aromatic carbocycles. The number of nitrogens with zero attached hydrogens (tertiary/aromatic N) is 4. The number of aromatic nitrogens is 2. The summed E-state index contributed by atoms with van der Waals surface area (Å²) in [5, 5.41) is 0. The molecule has 0 spiro atoms. The van der Waals surface area contributed by atoms with Crippen LogP contribution in [0.4, 0.5) is 4.79 Å². The predicted octanol–water partition coefficient (Wildman–Crippen LogP) is 1.25. The van der Waals surface area contributed by atoms with Crippen molar-refractivity contribution in [2.45, 2.75) is 6.54 Å². The number of imidazole rings is 1. The zero-order valence-electron chi connectivity index (χ0n) is 11.8. The van der Waals surface area contributed by atoms with E-state index in [1.54, 1.807) is 17.3 Å². The zero-order chi connectivity index (χ0) is 14.5. The standard InChI is InChI=1S/C15H18N4O2/c20-15(21-19-7-6-16-13-19)18-10-8-17(9-11-18)12-14-4-2-1-3-5-14/h1-7,13H,8-12H2. The first-order valence-corrected chi connectivity index (χ1v) is 7.03. The molecule has 2 heterocycles. The van der Waals surface area contributed by atoms with Gasteiger partial charge in [-0.2, -0.15) is 4.73 Å². The summed E-state index contributed by atoms with van der Waals surface area (Å²) in [5.74, 6) is 0. The molecule has 6 heteroatoms. The van der Waals surface area contributed by atoms with Crippen molar-refractivity contribution in [3.05, 3.63) is 54.6 Å². The van der Waals surface area contributed by atoms with Crippen LogP contribution in [0.2, 0.25) is 0 Å². The van der Waals surface area contributed by atoms with E-state index in [-0.39, 0.29) is 6.09 Å². The van der Waals surface area contributed by atoms with Crippen LogP contribution in [0, 0.1) is 0 Å². The molecule has 6 nitrogen and oxygen atoms in total. The highest BCUT2D eigenvalue weighted by molar-refractivity contribution is 5.68. The summed E-state index contributed by atoms with van der Waals surface area (Å²) in [4.78, 5) is 25.0. The van der Waals surface area contributed by atoms with Crippen molar-refractivity contribution in [1.82, 2.24) is 19.5 Å². The van der Waals surface area contributed by atoms with Gasteiger partial charge in [0.05, 0.1) is 6.20 Å². The molecule has 1 aromatic heterocycles. The monoisotopic (exact) mass is 286 g/mol. The third-order valence-electron chi connectivity index (χ3n) is 3.54. The van der Waals surface area contributed by atoms with Gasteiger partial charge in [-0.1, -0.05) is 30.3 Å². The summed E-state index contributed by atoms with van der Waals surface area (Å²) in [5.41, 5.74) is 1.30. The SMILES string of the molecule is O=C(On1ccnc1)N1CCN(Cc2ccccc2)CC1. The largest absolute Gasteiger partial charge is 0.434 e.